The van der Waals surface area contributed by atoms with Crippen LogP contribution in [0.1, 0.15) is 48.8 Å². The number of aliphatic hydroxyl groups excluding tert-OH is 1. The van der Waals surface area contributed by atoms with Crippen molar-refractivity contribution < 1.29 is 24.4 Å². The third-order valence-electron chi connectivity index (χ3n) is 10.5. The van der Waals surface area contributed by atoms with Crippen LogP contribution in [0, 0.1) is 11.8 Å². The molecule has 2 aromatic carbocycles. The molecule has 1 saturated carbocycles. The van der Waals surface area contributed by atoms with Gasteiger partial charge in [-0.05, 0) is 82.7 Å². The van der Waals surface area contributed by atoms with Crippen molar-refractivity contribution in [3.8, 4) is 17.2 Å². The van der Waals surface area contributed by atoms with Crippen LogP contribution >= 0.6 is 0 Å². The van der Waals surface area contributed by atoms with E-state index in [0.717, 1.165) is 68.0 Å². The van der Waals surface area contributed by atoms with Gasteiger partial charge < -0.3 is 34.2 Å². The molecule has 3 aliphatic carbocycles. The summed E-state index contributed by atoms with van der Waals surface area (Å²) in [5, 5.41) is 21.7. The van der Waals surface area contributed by atoms with Crippen LogP contribution in [0.3, 0.4) is 0 Å². The number of aliphatic hydroxyl groups is 2. The van der Waals surface area contributed by atoms with Gasteiger partial charge in [0.05, 0.1) is 19.8 Å². The molecule has 7 rings (SSSR count). The number of hydrogen-bond acceptors (Lipinski definition) is 7. The Kier molecular flexibility index (Phi) is 7.60. The largest absolute Gasteiger partial charge is 0.497 e. The molecule has 7 nitrogen and oxygen atoms in total. The summed E-state index contributed by atoms with van der Waals surface area (Å²) in [5.74, 6) is 3.20. The van der Waals surface area contributed by atoms with Crippen LogP contribution in [0.25, 0.3) is 0 Å². The van der Waals surface area contributed by atoms with Gasteiger partial charge in [0.1, 0.15) is 18.0 Å². The maximum atomic E-state index is 11.2. The lowest BCUT2D eigenvalue weighted by molar-refractivity contribution is -0.0619. The summed E-state index contributed by atoms with van der Waals surface area (Å²) in [7, 11) is 9.72. The standard InChI is InChI=1S/C18H21NO3.C16H25NO2/c1-19-8-7-18-11-4-5-13(20)17(18)22-16-14(21-2)6-3-10(15(16)18)9-12(11)19;1-17(2)12-14-7-4-5-10-16(14,18)13-8-6-9-15(11-13)19-3/h3-6,11-13,17,20H,7-9H2,1-2H3;6,8-9,11,14,18H,4-5,7,10,12H2,1-3H3/t11-,12+,13-,17-,18-;14-,16+/m01/s1. The third-order valence-corrected chi connectivity index (χ3v) is 10.5. The minimum absolute atomic E-state index is 0.0806. The van der Waals surface area contributed by atoms with Crippen LogP contribution in [0.5, 0.6) is 17.2 Å². The van der Waals surface area contributed by atoms with Crippen molar-refractivity contribution in [3.05, 3.63) is 65.2 Å². The van der Waals surface area contributed by atoms with E-state index in [1.165, 1.54) is 17.5 Å². The van der Waals surface area contributed by atoms with E-state index in [2.05, 4.69) is 43.1 Å². The Morgan fingerprint density at radius 2 is 1.90 bits per heavy atom. The molecule has 2 N–H and O–H groups in total. The molecule has 2 bridgehead atoms. The Morgan fingerprint density at radius 1 is 1.07 bits per heavy atom. The quantitative estimate of drug-likeness (QED) is 0.531. The zero-order chi connectivity index (χ0) is 28.9. The van der Waals surface area contributed by atoms with Crippen molar-refractivity contribution in [2.45, 2.75) is 67.8 Å². The second kappa shape index (κ2) is 10.9. The monoisotopic (exact) mass is 562 g/mol. The van der Waals surface area contributed by atoms with Crippen molar-refractivity contribution >= 4 is 0 Å². The SMILES string of the molecule is COc1ccc2c3c1O[C@H]1[C@@H](O)C=C[C@H]4[C@@H](C2)N(C)CC[C@@]341.COc1cccc([C@@]2(O)CCCC[C@@H]2CN(C)C)c1. The lowest BCUT2D eigenvalue weighted by Crippen LogP contribution is -2.64. The molecule has 2 aliphatic heterocycles. The van der Waals surface area contributed by atoms with Gasteiger partial charge in [-0.15, -0.1) is 0 Å². The number of methoxy groups -OCH3 is 2. The van der Waals surface area contributed by atoms with Gasteiger partial charge in [-0.1, -0.05) is 43.2 Å². The van der Waals surface area contributed by atoms with E-state index in [1.807, 2.05) is 36.4 Å². The minimum atomic E-state index is -0.711. The van der Waals surface area contributed by atoms with E-state index in [1.54, 1.807) is 14.2 Å². The zero-order valence-electron chi connectivity index (χ0n) is 25.2. The maximum Gasteiger partial charge on any atom is 0.165 e. The summed E-state index contributed by atoms with van der Waals surface area (Å²) >= 11 is 0. The Bertz CT molecular complexity index is 1300. The number of likely N-dealkylation sites (tertiary alicyclic amines) is 1. The Balaban J connectivity index is 0.000000150. The first kappa shape index (κ1) is 28.5. The molecule has 222 valence electrons. The van der Waals surface area contributed by atoms with Crippen molar-refractivity contribution in [1.29, 1.82) is 0 Å². The van der Waals surface area contributed by atoms with Crippen molar-refractivity contribution in [2.24, 2.45) is 11.8 Å². The van der Waals surface area contributed by atoms with Gasteiger partial charge in [-0.25, -0.2) is 0 Å². The number of ether oxygens (including phenoxy) is 3. The van der Waals surface area contributed by atoms with Crippen LogP contribution in [-0.2, 0) is 17.4 Å². The lowest BCUT2D eigenvalue weighted by atomic mass is 9.53. The molecular weight excluding hydrogens is 516 g/mol. The van der Waals surface area contributed by atoms with Crippen molar-refractivity contribution in [1.82, 2.24) is 9.80 Å². The van der Waals surface area contributed by atoms with Gasteiger partial charge in [0.2, 0.25) is 0 Å². The maximum absolute atomic E-state index is 11.2. The number of likely N-dealkylation sites (N-methyl/N-ethyl adjacent to an activating group) is 1. The predicted octanol–water partition coefficient (Wildman–Crippen LogP) is 4.14. The molecule has 1 spiro atoms. The second-order valence-electron chi connectivity index (χ2n) is 13.0. The van der Waals surface area contributed by atoms with Gasteiger partial charge in [-0.2, -0.15) is 0 Å². The third kappa shape index (κ3) is 4.56. The van der Waals surface area contributed by atoms with Crippen molar-refractivity contribution in [2.75, 3.05) is 48.5 Å². The highest BCUT2D eigenvalue weighted by molar-refractivity contribution is 5.62. The number of hydrogen-bond donors (Lipinski definition) is 2. The minimum Gasteiger partial charge on any atom is -0.497 e. The molecule has 7 heteroatoms. The summed E-state index contributed by atoms with van der Waals surface area (Å²) < 4.78 is 17.1. The molecule has 41 heavy (non-hydrogen) atoms. The summed E-state index contributed by atoms with van der Waals surface area (Å²) in [6, 6.07) is 12.6. The number of benzene rings is 2. The topological polar surface area (TPSA) is 74.6 Å². The van der Waals surface area contributed by atoms with Crippen LogP contribution in [0.2, 0.25) is 0 Å². The molecule has 0 radical (unpaired) electrons. The predicted molar refractivity (Wildman–Crippen MR) is 160 cm³/mol. The number of rotatable bonds is 5. The van der Waals surface area contributed by atoms with Crippen LogP contribution < -0.4 is 14.2 Å². The summed E-state index contributed by atoms with van der Waals surface area (Å²) in [4.78, 5) is 4.64. The first-order chi connectivity index (χ1) is 19.7. The number of piperidine rings is 1. The summed E-state index contributed by atoms with van der Waals surface area (Å²) in [5.41, 5.74) is 2.89. The molecule has 1 saturated heterocycles. The fourth-order valence-electron chi connectivity index (χ4n) is 8.57. The van der Waals surface area contributed by atoms with Gasteiger partial charge in [0.25, 0.3) is 0 Å². The highest BCUT2D eigenvalue weighted by Crippen LogP contribution is 2.62. The van der Waals surface area contributed by atoms with E-state index in [-0.39, 0.29) is 11.5 Å². The average Bonchev–Trinajstić information content (AvgIpc) is 3.33. The van der Waals surface area contributed by atoms with Crippen LogP contribution in [0.4, 0.5) is 0 Å². The fraction of sp³-hybridized carbons (Fsp3) is 0.588. The van der Waals surface area contributed by atoms with E-state index < -0.39 is 11.7 Å². The van der Waals surface area contributed by atoms with Gasteiger partial charge in [-0.3, -0.25) is 0 Å². The molecule has 0 aromatic heterocycles. The van der Waals surface area contributed by atoms with Crippen molar-refractivity contribution in [3.63, 3.8) is 0 Å². The first-order valence-corrected chi connectivity index (χ1v) is 15.2. The van der Waals surface area contributed by atoms with E-state index in [0.29, 0.717) is 17.9 Å². The molecule has 2 fully saturated rings. The lowest BCUT2D eigenvalue weighted by Gasteiger charge is -2.56. The van der Waals surface area contributed by atoms with E-state index in [4.69, 9.17) is 14.2 Å². The van der Waals surface area contributed by atoms with E-state index in [9.17, 15) is 10.2 Å². The normalized spacial score (nSPS) is 34.8. The molecule has 0 amide bonds. The van der Waals surface area contributed by atoms with Gasteiger partial charge in [0, 0.05) is 35.4 Å². The molecule has 7 atom stereocenters. The zero-order valence-corrected chi connectivity index (χ0v) is 25.2. The van der Waals surface area contributed by atoms with Crippen LogP contribution in [0.15, 0.2) is 48.6 Å². The fourth-order valence-corrected chi connectivity index (χ4v) is 8.57. The number of nitrogens with zero attached hydrogens (tertiary/aromatic N) is 2. The van der Waals surface area contributed by atoms with Gasteiger partial charge >= 0.3 is 0 Å². The molecular formula is C34H46N2O5. The average molecular weight is 563 g/mol. The van der Waals surface area contributed by atoms with Crippen LogP contribution in [-0.4, -0.2) is 86.7 Å². The highest BCUT2D eigenvalue weighted by Gasteiger charge is 2.64. The first-order valence-electron chi connectivity index (χ1n) is 15.2. The Labute approximate surface area is 244 Å². The Morgan fingerprint density at radius 3 is 2.66 bits per heavy atom. The second-order valence-corrected chi connectivity index (χ2v) is 13.0. The summed E-state index contributed by atoms with van der Waals surface area (Å²) in [6.07, 6.45) is 9.78. The molecule has 2 heterocycles. The van der Waals surface area contributed by atoms with Gasteiger partial charge in [0.15, 0.2) is 11.5 Å². The smallest absolute Gasteiger partial charge is 0.165 e. The molecule has 5 aliphatic rings. The summed E-state index contributed by atoms with van der Waals surface area (Å²) in [6.45, 7) is 1.98. The Hall–Kier alpha value is -2.58. The molecule has 2 aromatic rings. The molecule has 0 unspecified atom stereocenters. The highest BCUT2D eigenvalue weighted by atomic mass is 16.5. The van der Waals surface area contributed by atoms with E-state index >= 15 is 0 Å².